The topological polar surface area (TPSA) is 84.9 Å². The molecule has 0 heterocycles. The minimum Gasteiger partial charge on any atom is -0.495 e. The van der Waals surface area contributed by atoms with Crippen molar-refractivity contribution >= 4 is 33.2 Å². The lowest BCUT2D eigenvalue weighted by Gasteiger charge is -2.26. The number of nitrogens with zero attached hydrogens (tertiary/aromatic N) is 1. The first-order valence-corrected chi connectivity index (χ1v) is 12.9. The molecular weight excluding hydrogens is 488 g/mol. The molecule has 0 unspecified atom stereocenters. The molecule has 0 saturated heterocycles. The number of nitrogens with one attached hydrogen (secondary N) is 1. The molecular formula is C26H29ClN2O5S. The van der Waals surface area contributed by atoms with Crippen LogP contribution in [0.2, 0.25) is 5.02 Å². The van der Waals surface area contributed by atoms with Gasteiger partial charge in [-0.05, 0) is 80.4 Å². The van der Waals surface area contributed by atoms with E-state index < -0.39 is 22.5 Å². The number of methoxy groups -OCH3 is 1. The van der Waals surface area contributed by atoms with Crippen molar-refractivity contribution in [3.05, 3.63) is 82.9 Å². The molecule has 0 aliphatic carbocycles. The molecule has 7 nitrogen and oxygen atoms in total. The van der Waals surface area contributed by atoms with E-state index in [-0.39, 0.29) is 16.7 Å². The molecule has 0 bridgehead atoms. The number of carbonyl (C=O) groups is 1. The summed E-state index contributed by atoms with van der Waals surface area (Å²) in [4.78, 5) is 13.0. The molecule has 0 aliphatic rings. The zero-order valence-corrected chi connectivity index (χ0v) is 21.7. The Balaban J connectivity index is 1.96. The second-order valence-corrected chi connectivity index (χ2v) is 10.2. The number of carbonyl (C=O) groups excluding carboxylic acids is 1. The van der Waals surface area contributed by atoms with E-state index >= 15 is 0 Å². The standard InChI is InChI=1S/C26H29ClN2O5S/c1-5-34-23-13-11-22(12-14-23)29(35(31,32)25-16-18(2)6-15-24(25)33-4)17-26(30)28-19(3)20-7-9-21(27)10-8-20/h6-16,19H,5,17H2,1-4H3,(H,28,30)/t19-/m0/s1. The maximum atomic E-state index is 13.8. The van der Waals surface area contributed by atoms with Crippen LogP contribution in [-0.4, -0.2) is 34.6 Å². The van der Waals surface area contributed by atoms with Crippen LogP contribution in [0.3, 0.4) is 0 Å². The van der Waals surface area contributed by atoms with Gasteiger partial charge in [-0.3, -0.25) is 9.10 Å². The first-order valence-electron chi connectivity index (χ1n) is 11.1. The lowest BCUT2D eigenvalue weighted by atomic mass is 10.1. The van der Waals surface area contributed by atoms with Gasteiger partial charge in [0.1, 0.15) is 22.9 Å². The summed E-state index contributed by atoms with van der Waals surface area (Å²) in [6.07, 6.45) is 0. The molecule has 1 amide bonds. The van der Waals surface area contributed by atoms with Gasteiger partial charge in [0.15, 0.2) is 0 Å². The Bertz CT molecular complexity index is 1260. The lowest BCUT2D eigenvalue weighted by Crippen LogP contribution is -2.41. The summed E-state index contributed by atoms with van der Waals surface area (Å²) in [6, 6.07) is 18.2. The van der Waals surface area contributed by atoms with Crippen LogP contribution in [0.25, 0.3) is 0 Å². The maximum absolute atomic E-state index is 13.8. The average Bonchev–Trinajstić information content (AvgIpc) is 2.83. The first-order chi connectivity index (χ1) is 16.6. The van der Waals surface area contributed by atoms with Gasteiger partial charge in [0.05, 0.1) is 25.4 Å². The van der Waals surface area contributed by atoms with Crippen molar-refractivity contribution in [3.63, 3.8) is 0 Å². The summed E-state index contributed by atoms with van der Waals surface area (Å²) in [5.74, 6) is 0.334. The van der Waals surface area contributed by atoms with E-state index in [0.717, 1.165) is 15.4 Å². The van der Waals surface area contributed by atoms with Gasteiger partial charge in [0.2, 0.25) is 5.91 Å². The number of benzene rings is 3. The van der Waals surface area contributed by atoms with E-state index in [1.807, 2.05) is 26.0 Å². The van der Waals surface area contributed by atoms with Crippen molar-refractivity contribution in [2.24, 2.45) is 0 Å². The number of hydrogen-bond acceptors (Lipinski definition) is 5. The highest BCUT2D eigenvalue weighted by molar-refractivity contribution is 7.93. The fourth-order valence-corrected chi connectivity index (χ4v) is 5.34. The van der Waals surface area contributed by atoms with Crippen LogP contribution in [0.1, 0.15) is 31.0 Å². The van der Waals surface area contributed by atoms with Gasteiger partial charge >= 0.3 is 0 Å². The fourth-order valence-electron chi connectivity index (χ4n) is 3.55. The Morgan fingerprint density at radius 1 is 1.06 bits per heavy atom. The predicted octanol–water partition coefficient (Wildman–Crippen LogP) is 5.13. The van der Waals surface area contributed by atoms with E-state index in [1.165, 1.54) is 13.2 Å². The summed E-state index contributed by atoms with van der Waals surface area (Å²) >= 11 is 5.95. The van der Waals surface area contributed by atoms with Gasteiger partial charge in [-0.15, -0.1) is 0 Å². The van der Waals surface area contributed by atoms with Crippen LogP contribution in [0.4, 0.5) is 5.69 Å². The van der Waals surface area contributed by atoms with Gasteiger partial charge in [-0.2, -0.15) is 0 Å². The molecule has 3 aromatic rings. The molecule has 0 fully saturated rings. The van der Waals surface area contributed by atoms with Crippen LogP contribution in [-0.2, 0) is 14.8 Å². The largest absolute Gasteiger partial charge is 0.495 e. The Kier molecular flexibility index (Phi) is 8.64. The summed E-state index contributed by atoms with van der Waals surface area (Å²) in [5, 5.41) is 3.46. The molecule has 186 valence electrons. The maximum Gasteiger partial charge on any atom is 0.268 e. The Hall–Kier alpha value is -3.23. The van der Waals surface area contributed by atoms with Crippen molar-refractivity contribution in [2.75, 3.05) is 24.6 Å². The monoisotopic (exact) mass is 516 g/mol. The zero-order valence-electron chi connectivity index (χ0n) is 20.1. The molecule has 0 saturated carbocycles. The van der Waals surface area contributed by atoms with Crippen LogP contribution in [0, 0.1) is 6.92 Å². The van der Waals surface area contributed by atoms with Crippen molar-refractivity contribution in [2.45, 2.75) is 31.7 Å². The molecule has 1 atom stereocenters. The van der Waals surface area contributed by atoms with Gasteiger partial charge in [0, 0.05) is 5.02 Å². The van der Waals surface area contributed by atoms with Gasteiger partial charge in [-0.25, -0.2) is 8.42 Å². The fraction of sp³-hybridized carbons (Fsp3) is 0.269. The van der Waals surface area contributed by atoms with E-state index in [9.17, 15) is 13.2 Å². The van der Waals surface area contributed by atoms with E-state index in [2.05, 4.69) is 5.32 Å². The van der Waals surface area contributed by atoms with Crippen molar-refractivity contribution < 1.29 is 22.7 Å². The van der Waals surface area contributed by atoms with E-state index in [1.54, 1.807) is 55.5 Å². The Morgan fingerprint density at radius 2 is 1.71 bits per heavy atom. The number of aryl methyl sites for hydroxylation is 1. The molecule has 0 spiro atoms. The number of hydrogen-bond donors (Lipinski definition) is 1. The third-order valence-corrected chi connectivity index (χ3v) is 7.40. The molecule has 1 N–H and O–H groups in total. The number of anilines is 1. The van der Waals surface area contributed by atoms with Crippen LogP contribution < -0.4 is 19.1 Å². The molecule has 9 heteroatoms. The van der Waals surface area contributed by atoms with Gasteiger partial charge < -0.3 is 14.8 Å². The van der Waals surface area contributed by atoms with Crippen molar-refractivity contribution in [3.8, 4) is 11.5 Å². The van der Waals surface area contributed by atoms with E-state index in [0.29, 0.717) is 23.1 Å². The molecule has 0 aliphatic heterocycles. The van der Waals surface area contributed by atoms with Crippen molar-refractivity contribution in [1.29, 1.82) is 0 Å². The predicted molar refractivity (Wildman–Crippen MR) is 138 cm³/mol. The van der Waals surface area contributed by atoms with Crippen LogP contribution in [0.5, 0.6) is 11.5 Å². The number of sulfonamides is 1. The number of rotatable bonds is 10. The van der Waals surface area contributed by atoms with Gasteiger partial charge in [0.25, 0.3) is 10.0 Å². The SMILES string of the molecule is CCOc1ccc(N(CC(=O)N[C@@H](C)c2ccc(Cl)cc2)S(=O)(=O)c2cc(C)ccc2OC)cc1. The summed E-state index contributed by atoms with van der Waals surface area (Å²) < 4.78 is 39.5. The highest BCUT2D eigenvalue weighted by Gasteiger charge is 2.30. The van der Waals surface area contributed by atoms with E-state index in [4.69, 9.17) is 21.1 Å². The smallest absolute Gasteiger partial charge is 0.268 e. The van der Waals surface area contributed by atoms with Crippen LogP contribution >= 0.6 is 11.6 Å². The lowest BCUT2D eigenvalue weighted by molar-refractivity contribution is -0.120. The highest BCUT2D eigenvalue weighted by Crippen LogP contribution is 2.31. The quantitative estimate of drug-likeness (QED) is 0.404. The summed E-state index contributed by atoms with van der Waals surface area (Å²) in [6.45, 7) is 5.53. The van der Waals surface area contributed by atoms with Crippen LogP contribution in [0.15, 0.2) is 71.6 Å². The molecule has 3 rings (SSSR count). The number of ether oxygens (including phenoxy) is 2. The summed E-state index contributed by atoms with van der Waals surface area (Å²) in [7, 11) is -2.75. The second-order valence-electron chi connectivity index (χ2n) is 7.93. The zero-order chi connectivity index (χ0) is 25.6. The molecule has 0 radical (unpaired) electrons. The third kappa shape index (κ3) is 6.46. The van der Waals surface area contributed by atoms with Gasteiger partial charge in [-0.1, -0.05) is 29.8 Å². The Labute approximate surface area is 211 Å². The first kappa shape index (κ1) is 26.4. The average molecular weight is 517 g/mol. The summed E-state index contributed by atoms with van der Waals surface area (Å²) in [5.41, 5.74) is 1.92. The minimum absolute atomic E-state index is 0.0209. The second kappa shape index (κ2) is 11.5. The highest BCUT2D eigenvalue weighted by atomic mass is 35.5. The minimum atomic E-state index is -4.16. The van der Waals surface area contributed by atoms with Crippen molar-refractivity contribution in [1.82, 2.24) is 5.32 Å². The number of halogens is 1. The Morgan fingerprint density at radius 3 is 2.31 bits per heavy atom. The third-order valence-electron chi connectivity index (χ3n) is 5.36. The normalized spacial score (nSPS) is 12.0. The molecule has 35 heavy (non-hydrogen) atoms. The molecule has 0 aromatic heterocycles. The number of amides is 1. The molecule has 3 aromatic carbocycles.